The van der Waals surface area contributed by atoms with Gasteiger partial charge in [-0.05, 0) is 24.1 Å². The van der Waals surface area contributed by atoms with Gasteiger partial charge in [-0.15, -0.1) is 0 Å². The van der Waals surface area contributed by atoms with Crippen molar-refractivity contribution in [3.63, 3.8) is 0 Å². The van der Waals surface area contributed by atoms with E-state index in [0.29, 0.717) is 6.54 Å². The predicted octanol–water partition coefficient (Wildman–Crippen LogP) is 2.00. The van der Waals surface area contributed by atoms with Gasteiger partial charge in [-0.2, -0.15) is 0 Å². The fourth-order valence-electron chi connectivity index (χ4n) is 2.05. The zero-order valence-electron chi connectivity index (χ0n) is 11.1. The van der Waals surface area contributed by atoms with Gasteiger partial charge in [-0.1, -0.05) is 13.0 Å². The van der Waals surface area contributed by atoms with Crippen molar-refractivity contribution in [1.29, 1.82) is 0 Å². The van der Waals surface area contributed by atoms with E-state index in [1.165, 1.54) is 0 Å². The van der Waals surface area contributed by atoms with Gasteiger partial charge in [0.05, 0.1) is 17.6 Å². The standard InChI is InChI=1S/C14H21N3O/c1-3-7-18-8-6-14-16-12-5-4-11(10-15)9-13(12)17(14)2/h4-5,9H,3,6-8,10,15H2,1-2H3. The van der Waals surface area contributed by atoms with Crippen LogP contribution < -0.4 is 5.73 Å². The van der Waals surface area contributed by atoms with Crippen molar-refractivity contribution in [1.82, 2.24) is 9.55 Å². The van der Waals surface area contributed by atoms with Crippen LogP contribution >= 0.6 is 0 Å². The Labute approximate surface area is 108 Å². The molecule has 1 aromatic carbocycles. The second kappa shape index (κ2) is 5.98. The minimum Gasteiger partial charge on any atom is -0.381 e. The summed E-state index contributed by atoms with van der Waals surface area (Å²) in [4.78, 5) is 4.63. The second-order valence-electron chi connectivity index (χ2n) is 4.48. The zero-order chi connectivity index (χ0) is 13.0. The first-order valence-corrected chi connectivity index (χ1v) is 6.48. The molecule has 1 heterocycles. The lowest BCUT2D eigenvalue weighted by atomic mass is 10.2. The van der Waals surface area contributed by atoms with E-state index in [0.717, 1.165) is 48.5 Å². The van der Waals surface area contributed by atoms with Crippen LogP contribution in [-0.4, -0.2) is 22.8 Å². The molecule has 18 heavy (non-hydrogen) atoms. The van der Waals surface area contributed by atoms with E-state index in [1.807, 2.05) is 19.2 Å². The number of aromatic nitrogens is 2. The van der Waals surface area contributed by atoms with Crippen molar-refractivity contribution in [3.05, 3.63) is 29.6 Å². The molecule has 0 spiro atoms. The minimum absolute atomic E-state index is 0.566. The number of imidazole rings is 1. The molecule has 0 unspecified atom stereocenters. The summed E-state index contributed by atoms with van der Waals surface area (Å²) in [6, 6.07) is 6.18. The Bertz CT molecular complexity index is 519. The highest BCUT2D eigenvalue weighted by atomic mass is 16.5. The Hall–Kier alpha value is -1.39. The van der Waals surface area contributed by atoms with E-state index in [2.05, 4.69) is 22.5 Å². The number of ether oxygens (including phenoxy) is 1. The Morgan fingerprint density at radius 3 is 2.89 bits per heavy atom. The largest absolute Gasteiger partial charge is 0.381 e. The molecule has 98 valence electrons. The molecule has 2 aromatic rings. The van der Waals surface area contributed by atoms with Crippen LogP contribution in [-0.2, 0) is 24.8 Å². The van der Waals surface area contributed by atoms with Crippen molar-refractivity contribution in [3.8, 4) is 0 Å². The number of hydrogen-bond acceptors (Lipinski definition) is 3. The van der Waals surface area contributed by atoms with Crippen molar-refractivity contribution in [2.24, 2.45) is 12.8 Å². The first-order chi connectivity index (χ1) is 8.76. The van der Waals surface area contributed by atoms with E-state index < -0.39 is 0 Å². The summed E-state index contributed by atoms with van der Waals surface area (Å²) in [6.45, 7) is 4.23. The number of rotatable bonds is 6. The molecule has 4 nitrogen and oxygen atoms in total. The van der Waals surface area contributed by atoms with Crippen molar-refractivity contribution < 1.29 is 4.74 Å². The van der Waals surface area contributed by atoms with E-state index >= 15 is 0 Å². The molecule has 0 aliphatic carbocycles. The summed E-state index contributed by atoms with van der Waals surface area (Å²) in [5.74, 6) is 1.07. The third-order valence-corrected chi connectivity index (χ3v) is 3.09. The number of nitrogens with zero attached hydrogens (tertiary/aromatic N) is 2. The molecule has 0 aliphatic rings. The van der Waals surface area contributed by atoms with Gasteiger partial charge in [0.2, 0.25) is 0 Å². The summed E-state index contributed by atoms with van der Waals surface area (Å²) in [5.41, 5.74) is 8.97. The molecular formula is C14H21N3O. The van der Waals surface area contributed by atoms with Gasteiger partial charge in [-0.25, -0.2) is 4.98 Å². The molecule has 4 heteroatoms. The third kappa shape index (κ3) is 2.71. The molecule has 0 aliphatic heterocycles. The van der Waals surface area contributed by atoms with E-state index in [4.69, 9.17) is 10.5 Å². The molecule has 0 fully saturated rings. The summed E-state index contributed by atoms with van der Waals surface area (Å²) >= 11 is 0. The predicted molar refractivity (Wildman–Crippen MR) is 73.4 cm³/mol. The maximum Gasteiger partial charge on any atom is 0.111 e. The second-order valence-corrected chi connectivity index (χ2v) is 4.48. The quantitative estimate of drug-likeness (QED) is 0.794. The van der Waals surface area contributed by atoms with Crippen LogP contribution in [0.3, 0.4) is 0 Å². The normalized spacial score (nSPS) is 11.3. The number of fused-ring (bicyclic) bond motifs is 1. The van der Waals surface area contributed by atoms with E-state index in [1.54, 1.807) is 0 Å². The number of aryl methyl sites for hydroxylation is 1. The van der Waals surface area contributed by atoms with Crippen LogP contribution in [0, 0.1) is 0 Å². The molecular weight excluding hydrogens is 226 g/mol. The fraction of sp³-hybridized carbons (Fsp3) is 0.500. The van der Waals surface area contributed by atoms with Gasteiger partial charge in [-0.3, -0.25) is 0 Å². The summed E-state index contributed by atoms with van der Waals surface area (Å²) < 4.78 is 7.64. The van der Waals surface area contributed by atoms with Gasteiger partial charge in [0.15, 0.2) is 0 Å². The molecule has 0 bridgehead atoms. The smallest absolute Gasteiger partial charge is 0.111 e. The topological polar surface area (TPSA) is 53.1 Å². The van der Waals surface area contributed by atoms with E-state index in [9.17, 15) is 0 Å². The highest BCUT2D eigenvalue weighted by Crippen LogP contribution is 2.17. The summed E-state index contributed by atoms with van der Waals surface area (Å²) in [5, 5.41) is 0. The first kappa shape index (κ1) is 13.1. The van der Waals surface area contributed by atoms with Gasteiger partial charge in [0.25, 0.3) is 0 Å². The first-order valence-electron chi connectivity index (χ1n) is 6.48. The SMILES string of the molecule is CCCOCCc1nc2ccc(CN)cc2n1C. The average molecular weight is 247 g/mol. The van der Waals surface area contributed by atoms with Crippen LogP contribution in [0.25, 0.3) is 11.0 Å². The lowest BCUT2D eigenvalue weighted by Gasteiger charge is -2.03. The lowest BCUT2D eigenvalue weighted by Crippen LogP contribution is -2.05. The van der Waals surface area contributed by atoms with Crippen LogP contribution in [0.1, 0.15) is 24.7 Å². The number of hydrogen-bond donors (Lipinski definition) is 1. The maximum atomic E-state index is 5.66. The van der Waals surface area contributed by atoms with Gasteiger partial charge in [0.1, 0.15) is 5.82 Å². The molecule has 0 amide bonds. The van der Waals surface area contributed by atoms with Crippen LogP contribution in [0.2, 0.25) is 0 Å². The molecule has 1 aromatic heterocycles. The van der Waals surface area contributed by atoms with E-state index in [-0.39, 0.29) is 0 Å². The molecule has 0 saturated carbocycles. The Kier molecular flexibility index (Phi) is 4.33. The number of benzene rings is 1. The third-order valence-electron chi connectivity index (χ3n) is 3.09. The summed E-state index contributed by atoms with van der Waals surface area (Å²) in [7, 11) is 2.05. The van der Waals surface area contributed by atoms with Crippen molar-refractivity contribution >= 4 is 11.0 Å². The number of nitrogens with two attached hydrogens (primary N) is 1. The molecule has 0 atom stereocenters. The highest BCUT2D eigenvalue weighted by Gasteiger charge is 2.07. The van der Waals surface area contributed by atoms with Crippen molar-refractivity contribution in [2.45, 2.75) is 26.3 Å². The summed E-state index contributed by atoms with van der Waals surface area (Å²) in [6.07, 6.45) is 1.91. The molecule has 2 rings (SSSR count). The zero-order valence-corrected chi connectivity index (χ0v) is 11.1. The Balaban J connectivity index is 2.16. The van der Waals surface area contributed by atoms with Gasteiger partial charge in [0, 0.05) is 26.6 Å². The molecule has 2 N–H and O–H groups in total. The Morgan fingerprint density at radius 1 is 1.33 bits per heavy atom. The van der Waals surface area contributed by atoms with Crippen molar-refractivity contribution in [2.75, 3.05) is 13.2 Å². The highest BCUT2D eigenvalue weighted by molar-refractivity contribution is 5.76. The molecule has 0 radical (unpaired) electrons. The maximum absolute atomic E-state index is 5.66. The Morgan fingerprint density at radius 2 is 2.17 bits per heavy atom. The van der Waals surface area contributed by atoms with Gasteiger partial charge < -0.3 is 15.0 Å². The fourth-order valence-corrected chi connectivity index (χ4v) is 2.05. The van der Waals surface area contributed by atoms with Gasteiger partial charge >= 0.3 is 0 Å². The van der Waals surface area contributed by atoms with Crippen LogP contribution in [0.4, 0.5) is 0 Å². The minimum atomic E-state index is 0.566. The average Bonchev–Trinajstić information content (AvgIpc) is 2.71. The van der Waals surface area contributed by atoms with Crippen LogP contribution in [0.15, 0.2) is 18.2 Å². The monoisotopic (exact) mass is 247 g/mol. The lowest BCUT2D eigenvalue weighted by molar-refractivity contribution is 0.136. The van der Waals surface area contributed by atoms with Crippen LogP contribution in [0.5, 0.6) is 0 Å². The molecule has 0 saturated heterocycles.